The van der Waals surface area contributed by atoms with Crippen molar-refractivity contribution >= 4 is 27.3 Å². The predicted molar refractivity (Wildman–Crippen MR) is 131 cm³/mol. The van der Waals surface area contributed by atoms with Gasteiger partial charge in [0.15, 0.2) is 11.5 Å². The first-order valence-corrected chi connectivity index (χ1v) is 12.0. The molecule has 0 aliphatic carbocycles. The van der Waals surface area contributed by atoms with Crippen molar-refractivity contribution in [1.82, 2.24) is 14.8 Å². The lowest BCUT2D eigenvalue weighted by Gasteiger charge is -2.12. The quantitative estimate of drug-likeness (QED) is 0.303. The monoisotopic (exact) mass is 476 g/mol. The maximum absolute atomic E-state index is 12.4. The van der Waals surface area contributed by atoms with Crippen molar-refractivity contribution in [3.63, 3.8) is 0 Å². The Morgan fingerprint density at radius 2 is 1.65 bits per heavy atom. The summed E-state index contributed by atoms with van der Waals surface area (Å²) in [4.78, 5) is 11.6. The Bertz CT molecular complexity index is 1450. The smallest absolute Gasteiger partial charge is 0.276 e. The standard InChI is InChI=1S/C25H24N4O4S/c1-17-8-11-20(12-9-17)34(30,31)29-26-15-19-10-13-24(25(14-19)32-3)33-16-23-18(2)27-21-6-4-5-7-22(21)28-23/h4-15,29H,16H2,1-3H3/b26-15+. The molecule has 1 N–H and O–H groups in total. The number of nitrogens with one attached hydrogen (secondary N) is 1. The molecule has 4 aromatic rings. The van der Waals surface area contributed by atoms with Crippen molar-refractivity contribution < 1.29 is 17.9 Å². The molecule has 0 amide bonds. The van der Waals surface area contributed by atoms with Crippen LogP contribution in [0.4, 0.5) is 0 Å². The Morgan fingerprint density at radius 1 is 0.941 bits per heavy atom. The van der Waals surface area contributed by atoms with Gasteiger partial charge in [-0.05, 0) is 61.9 Å². The summed E-state index contributed by atoms with van der Waals surface area (Å²) in [6.07, 6.45) is 1.40. The van der Waals surface area contributed by atoms with Crippen LogP contribution in [0.25, 0.3) is 11.0 Å². The molecular formula is C25H24N4O4S. The number of aryl methyl sites for hydroxylation is 2. The molecule has 0 aliphatic heterocycles. The number of hydrazone groups is 1. The predicted octanol–water partition coefficient (Wildman–Crippen LogP) is 4.15. The fourth-order valence-electron chi connectivity index (χ4n) is 3.23. The lowest BCUT2D eigenvalue weighted by molar-refractivity contribution is 0.280. The zero-order chi connectivity index (χ0) is 24.1. The van der Waals surface area contributed by atoms with Gasteiger partial charge in [0.05, 0.1) is 40.6 Å². The minimum absolute atomic E-state index is 0.142. The van der Waals surface area contributed by atoms with E-state index in [1.165, 1.54) is 25.5 Å². The van der Waals surface area contributed by atoms with Crippen LogP contribution in [-0.4, -0.2) is 31.7 Å². The van der Waals surface area contributed by atoms with Gasteiger partial charge in [0.2, 0.25) is 0 Å². The van der Waals surface area contributed by atoms with E-state index in [1.807, 2.05) is 38.1 Å². The van der Waals surface area contributed by atoms with Crippen molar-refractivity contribution in [3.8, 4) is 11.5 Å². The van der Waals surface area contributed by atoms with Crippen LogP contribution in [0.1, 0.15) is 22.5 Å². The van der Waals surface area contributed by atoms with Crippen LogP contribution < -0.4 is 14.3 Å². The highest BCUT2D eigenvalue weighted by molar-refractivity contribution is 7.89. The Labute approximate surface area is 198 Å². The van der Waals surface area contributed by atoms with Crippen LogP contribution in [0.5, 0.6) is 11.5 Å². The molecule has 0 aliphatic rings. The van der Waals surface area contributed by atoms with Gasteiger partial charge in [-0.1, -0.05) is 29.8 Å². The second kappa shape index (κ2) is 9.88. The van der Waals surface area contributed by atoms with Gasteiger partial charge in [0, 0.05) is 0 Å². The zero-order valence-corrected chi connectivity index (χ0v) is 19.8. The van der Waals surface area contributed by atoms with Gasteiger partial charge in [-0.25, -0.2) is 14.8 Å². The van der Waals surface area contributed by atoms with E-state index in [0.717, 1.165) is 28.0 Å². The second-order valence-electron chi connectivity index (χ2n) is 7.61. The molecule has 0 fully saturated rings. The number of para-hydroxylation sites is 2. The fraction of sp³-hybridized carbons (Fsp3) is 0.160. The first kappa shape index (κ1) is 23.2. The van der Waals surface area contributed by atoms with E-state index < -0.39 is 10.0 Å². The van der Waals surface area contributed by atoms with Gasteiger partial charge in [-0.2, -0.15) is 13.5 Å². The highest BCUT2D eigenvalue weighted by Crippen LogP contribution is 2.28. The first-order chi connectivity index (χ1) is 16.4. The molecule has 0 spiro atoms. The molecule has 4 rings (SSSR count). The molecule has 8 nitrogen and oxygen atoms in total. The Balaban J connectivity index is 1.45. The highest BCUT2D eigenvalue weighted by atomic mass is 32.2. The highest BCUT2D eigenvalue weighted by Gasteiger charge is 2.12. The van der Waals surface area contributed by atoms with Crippen molar-refractivity contribution in [1.29, 1.82) is 0 Å². The van der Waals surface area contributed by atoms with Gasteiger partial charge in [-0.15, -0.1) is 0 Å². The minimum atomic E-state index is -3.75. The summed E-state index contributed by atoms with van der Waals surface area (Å²) < 4.78 is 36.1. The van der Waals surface area contributed by atoms with Crippen LogP contribution in [0.2, 0.25) is 0 Å². The molecule has 9 heteroatoms. The van der Waals surface area contributed by atoms with Gasteiger partial charge >= 0.3 is 0 Å². The molecule has 0 unspecified atom stereocenters. The average Bonchev–Trinajstić information content (AvgIpc) is 2.83. The molecule has 1 heterocycles. The molecule has 0 bridgehead atoms. The first-order valence-electron chi connectivity index (χ1n) is 10.5. The van der Waals surface area contributed by atoms with E-state index in [4.69, 9.17) is 9.47 Å². The molecule has 0 atom stereocenters. The van der Waals surface area contributed by atoms with Crippen LogP contribution in [-0.2, 0) is 16.6 Å². The molecule has 0 radical (unpaired) electrons. The normalized spacial score (nSPS) is 11.6. The SMILES string of the molecule is COc1cc(/C=N/NS(=O)(=O)c2ccc(C)cc2)ccc1OCc1nc2ccccc2nc1C. The van der Waals surface area contributed by atoms with Crippen LogP contribution in [0.15, 0.2) is 76.7 Å². The Morgan fingerprint density at radius 3 is 2.35 bits per heavy atom. The Hall–Kier alpha value is -3.98. The topological polar surface area (TPSA) is 103 Å². The number of methoxy groups -OCH3 is 1. The number of rotatable bonds is 8. The minimum Gasteiger partial charge on any atom is -0.493 e. The summed E-state index contributed by atoms with van der Waals surface area (Å²) in [6.45, 7) is 4.01. The van der Waals surface area contributed by atoms with E-state index in [0.29, 0.717) is 17.1 Å². The van der Waals surface area contributed by atoms with Crippen LogP contribution in [0.3, 0.4) is 0 Å². The number of benzene rings is 3. The molecule has 174 valence electrons. The van der Waals surface area contributed by atoms with Gasteiger partial charge in [-0.3, -0.25) is 0 Å². The lowest BCUT2D eigenvalue weighted by Crippen LogP contribution is -2.18. The maximum Gasteiger partial charge on any atom is 0.276 e. The largest absolute Gasteiger partial charge is 0.493 e. The van der Waals surface area contributed by atoms with E-state index in [1.54, 1.807) is 30.3 Å². The molecule has 1 aromatic heterocycles. The summed E-state index contributed by atoms with van der Waals surface area (Å²) in [5.41, 5.74) is 4.78. The van der Waals surface area contributed by atoms with Crippen molar-refractivity contribution in [2.24, 2.45) is 5.10 Å². The number of ether oxygens (including phenoxy) is 2. The summed E-state index contributed by atoms with van der Waals surface area (Å²) in [5, 5.41) is 3.87. The molecule has 3 aromatic carbocycles. The molecule has 34 heavy (non-hydrogen) atoms. The zero-order valence-electron chi connectivity index (χ0n) is 19.0. The summed E-state index contributed by atoms with van der Waals surface area (Å²) >= 11 is 0. The summed E-state index contributed by atoms with van der Waals surface area (Å²) in [5.74, 6) is 1.01. The van der Waals surface area contributed by atoms with E-state index in [-0.39, 0.29) is 11.5 Å². The summed E-state index contributed by atoms with van der Waals surface area (Å²) in [6, 6.07) is 19.4. The number of sulfonamides is 1. The van der Waals surface area contributed by atoms with E-state index in [2.05, 4.69) is 19.9 Å². The van der Waals surface area contributed by atoms with E-state index in [9.17, 15) is 8.42 Å². The third kappa shape index (κ3) is 5.32. The fourth-order valence-corrected chi connectivity index (χ4v) is 4.02. The number of aromatic nitrogens is 2. The molecule has 0 saturated heterocycles. The number of fused-ring (bicyclic) bond motifs is 1. The van der Waals surface area contributed by atoms with Crippen molar-refractivity contribution in [3.05, 3.63) is 89.2 Å². The number of nitrogens with zero attached hydrogens (tertiary/aromatic N) is 3. The van der Waals surface area contributed by atoms with Gasteiger partial charge < -0.3 is 9.47 Å². The summed E-state index contributed by atoms with van der Waals surface area (Å²) in [7, 11) is -2.21. The van der Waals surface area contributed by atoms with Crippen molar-refractivity contribution in [2.75, 3.05) is 7.11 Å². The third-order valence-corrected chi connectivity index (χ3v) is 6.35. The Kier molecular flexibility index (Phi) is 6.74. The second-order valence-corrected chi connectivity index (χ2v) is 9.27. The van der Waals surface area contributed by atoms with Crippen LogP contribution in [0, 0.1) is 13.8 Å². The number of hydrogen-bond donors (Lipinski definition) is 1. The van der Waals surface area contributed by atoms with E-state index >= 15 is 0 Å². The van der Waals surface area contributed by atoms with Crippen LogP contribution >= 0.6 is 0 Å². The number of hydrogen-bond acceptors (Lipinski definition) is 7. The molecular weight excluding hydrogens is 452 g/mol. The average molecular weight is 477 g/mol. The maximum atomic E-state index is 12.4. The third-order valence-electron chi connectivity index (χ3n) is 5.11. The lowest BCUT2D eigenvalue weighted by atomic mass is 10.2. The molecule has 0 saturated carbocycles. The van der Waals surface area contributed by atoms with Crippen molar-refractivity contribution in [2.45, 2.75) is 25.3 Å². The van der Waals surface area contributed by atoms with Gasteiger partial charge in [0.1, 0.15) is 6.61 Å². The van der Waals surface area contributed by atoms with Gasteiger partial charge in [0.25, 0.3) is 10.0 Å².